The molecule has 1 atom stereocenters. The molecule has 1 unspecified atom stereocenters. The Morgan fingerprint density at radius 3 is 2.68 bits per heavy atom. The second-order valence-corrected chi connectivity index (χ2v) is 5.04. The molecule has 0 spiro atoms. The van der Waals surface area contributed by atoms with Gasteiger partial charge in [0, 0.05) is 11.4 Å². The molecule has 0 radical (unpaired) electrons. The van der Waals surface area contributed by atoms with E-state index in [0.717, 1.165) is 10.9 Å². The smallest absolute Gasteiger partial charge is 0.340 e. The van der Waals surface area contributed by atoms with Gasteiger partial charge in [-0.3, -0.25) is 0 Å². The van der Waals surface area contributed by atoms with E-state index in [-0.39, 0.29) is 6.04 Å². The first-order chi connectivity index (χ1) is 8.97. The van der Waals surface area contributed by atoms with Crippen LogP contribution in [0, 0.1) is 0 Å². The van der Waals surface area contributed by atoms with Crippen molar-refractivity contribution in [2.45, 2.75) is 26.0 Å². The van der Waals surface area contributed by atoms with Gasteiger partial charge in [0.15, 0.2) is 6.10 Å². The summed E-state index contributed by atoms with van der Waals surface area (Å²) in [7, 11) is 1.25. The van der Waals surface area contributed by atoms with E-state index in [0.29, 0.717) is 10.7 Å². The van der Waals surface area contributed by atoms with Gasteiger partial charge in [-0.05, 0) is 26.0 Å². The number of halogens is 1. The monoisotopic (exact) mass is 281 g/mol. The number of carbonyl (C=O) groups excluding carboxylic acids is 1. The zero-order valence-electron chi connectivity index (χ0n) is 11.1. The molecular weight excluding hydrogens is 266 g/mol. The molecule has 2 aromatic rings. The number of hydrogen-bond acceptors (Lipinski definition) is 3. The summed E-state index contributed by atoms with van der Waals surface area (Å²) in [4.78, 5) is 11.5. The van der Waals surface area contributed by atoms with E-state index >= 15 is 0 Å². The normalized spacial score (nSPS) is 12.9. The third kappa shape index (κ3) is 2.33. The number of aliphatic hydroxyl groups is 1. The minimum Gasteiger partial charge on any atom is -0.467 e. The van der Waals surface area contributed by atoms with Crippen LogP contribution in [0.4, 0.5) is 0 Å². The highest BCUT2D eigenvalue weighted by atomic mass is 35.5. The SMILES string of the molecule is COC(=O)C(O)c1cc2cccc(Cl)c2n1C(C)C. The van der Waals surface area contributed by atoms with Crippen LogP contribution >= 0.6 is 11.6 Å². The van der Waals surface area contributed by atoms with Gasteiger partial charge in [-0.1, -0.05) is 23.7 Å². The molecule has 4 nitrogen and oxygen atoms in total. The fraction of sp³-hybridized carbons (Fsp3) is 0.357. The van der Waals surface area contributed by atoms with Crippen molar-refractivity contribution in [1.29, 1.82) is 0 Å². The molecule has 1 aromatic carbocycles. The predicted octanol–water partition coefficient (Wildman–Crippen LogP) is 3.08. The van der Waals surface area contributed by atoms with Crippen molar-refractivity contribution in [3.8, 4) is 0 Å². The Morgan fingerprint density at radius 2 is 2.11 bits per heavy atom. The number of esters is 1. The number of hydrogen-bond donors (Lipinski definition) is 1. The van der Waals surface area contributed by atoms with Gasteiger partial charge in [-0.15, -0.1) is 0 Å². The van der Waals surface area contributed by atoms with Crippen molar-refractivity contribution >= 4 is 28.5 Å². The molecule has 0 saturated heterocycles. The first-order valence-electron chi connectivity index (χ1n) is 6.02. The number of ether oxygens (including phenoxy) is 1. The summed E-state index contributed by atoms with van der Waals surface area (Å²) >= 11 is 6.22. The Balaban J connectivity index is 2.71. The van der Waals surface area contributed by atoms with E-state index in [1.807, 2.05) is 30.5 Å². The highest BCUT2D eigenvalue weighted by Gasteiger charge is 2.25. The standard InChI is InChI=1S/C14H16ClNO3/c1-8(2)16-11(13(17)14(18)19-3)7-9-5-4-6-10(15)12(9)16/h4-8,13,17H,1-3H3. The maximum Gasteiger partial charge on any atom is 0.340 e. The van der Waals surface area contributed by atoms with Gasteiger partial charge in [-0.25, -0.2) is 4.79 Å². The van der Waals surface area contributed by atoms with E-state index < -0.39 is 12.1 Å². The second kappa shape index (κ2) is 5.23. The minimum atomic E-state index is -1.31. The minimum absolute atomic E-state index is 0.0618. The largest absolute Gasteiger partial charge is 0.467 e. The molecule has 0 saturated carbocycles. The van der Waals surface area contributed by atoms with Crippen molar-refractivity contribution in [2.75, 3.05) is 7.11 Å². The average molecular weight is 282 g/mol. The van der Waals surface area contributed by atoms with E-state index in [2.05, 4.69) is 4.74 Å². The zero-order chi connectivity index (χ0) is 14.2. The third-order valence-electron chi connectivity index (χ3n) is 3.06. The van der Waals surface area contributed by atoms with Crippen LogP contribution in [0.25, 0.3) is 10.9 Å². The molecule has 5 heteroatoms. The van der Waals surface area contributed by atoms with E-state index in [1.54, 1.807) is 12.1 Å². The van der Waals surface area contributed by atoms with Crippen LogP contribution in [0.1, 0.15) is 31.7 Å². The Morgan fingerprint density at radius 1 is 1.42 bits per heavy atom. The highest BCUT2D eigenvalue weighted by molar-refractivity contribution is 6.35. The summed E-state index contributed by atoms with van der Waals surface area (Å²) in [6.45, 7) is 3.94. The molecule has 0 aliphatic heterocycles. The number of aliphatic hydroxyl groups excluding tert-OH is 1. The lowest BCUT2D eigenvalue weighted by Gasteiger charge is -2.17. The fourth-order valence-corrected chi connectivity index (χ4v) is 2.53. The summed E-state index contributed by atoms with van der Waals surface area (Å²) < 4.78 is 6.45. The van der Waals surface area contributed by atoms with Gasteiger partial charge < -0.3 is 14.4 Å². The van der Waals surface area contributed by atoms with Crippen LogP contribution in [0.15, 0.2) is 24.3 Å². The van der Waals surface area contributed by atoms with Crippen LogP contribution < -0.4 is 0 Å². The number of benzene rings is 1. The van der Waals surface area contributed by atoms with Crippen LogP contribution in [0.5, 0.6) is 0 Å². The summed E-state index contributed by atoms with van der Waals surface area (Å²) in [5.74, 6) is -0.680. The Labute approximate surface area is 116 Å². The number of para-hydroxylation sites is 1. The lowest BCUT2D eigenvalue weighted by Crippen LogP contribution is -2.18. The molecular formula is C14H16ClNO3. The average Bonchev–Trinajstić information content (AvgIpc) is 2.77. The molecule has 1 aromatic heterocycles. The Bertz CT molecular complexity index is 618. The van der Waals surface area contributed by atoms with Crippen LogP contribution in [0.3, 0.4) is 0 Å². The molecule has 102 valence electrons. The number of rotatable bonds is 3. The van der Waals surface area contributed by atoms with Gasteiger partial charge >= 0.3 is 5.97 Å². The van der Waals surface area contributed by atoms with Crippen LogP contribution in [-0.4, -0.2) is 22.8 Å². The van der Waals surface area contributed by atoms with Gasteiger partial charge in [0.2, 0.25) is 0 Å². The maximum absolute atomic E-state index is 11.5. The maximum atomic E-state index is 11.5. The van der Waals surface area contributed by atoms with Crippen LogP contribution in [0.2, 0.25) is 5.02 Å². The molecule has 0 fully saturated rings. The topological polar surface area (TPSA) is 51.5 Å². The number of nitrogens with zero attached hydrogens (tertiary/aromatic N) is 1. The molecule has 0 aliphatic rings. The van der Waals surface area contributed by atoms with Gasteiger partial charge in [-0.2, -0.15) is 0 Å². The summed E-state index contributed by atoms with van der Waals surface area (Å²) in [6, 6.07) is 7.35. The van der Waals surface area contributed by atoms with Crippen molar-refractivity contribution < 1.29 is 14.6 Å². The molecule has 0 bridgehead atoms. The molecule has 1 N–H and O–H groups in total. The molecule has 2 rings (SSSR count). The summed E-state index contributed by atoms with van der Waals surface area (Å²) in [6.07, 6.45) is -1.31. The van der Waals surface area contributed by atoms with E-state index in [4.69, 9.17) is 11.6 Å². The molecule has 19 heavy (non-hydrogen) atoms. The highest BCUT2D eigenvalue weighted by Crippen LogP contribution is 2.32. The van der Waals surface area contributed by atoms with Crippen molar-refractivity contribution in [3.05, 3.63) is 35.0 Å². The quantitative estimate of drug-likeness (QED) is 0.880. The Hall–Kier alpha value is -1.52. The van der Waals surface area contributed by atoms with Crippen molar-refractivity contribution in [2.24, 2.45) is 0 Å². The molecule has 1 heterocycles. The lowest BCUT2D eigenvalue weighted by atomic mass is 10.2. The first-order valence-corrected chi connectivity index (χ1v) is 6.40. The van der Waals surface area contributed by atoms with Gasteiger partial charge in [0.1, 0.15) is 0 Å². The summed E-state index contributed by atoms with van der Waals surface area (Å²) in [5, 5.41) is 11.6. The predicted molar refractivity (Wildman–Crippen MR) is 74.3 cm³/mol. The number of fused-ring (bicyclic) bond motifs is 1. The first kappa shape index (κ1) is 13.9. The fourth-order valence-electron chi connectivity index (χ4n) is 2.26. The number of carbonyl (C=O) groups is 1. The number of methoxy groups -OCH3 is 1. The molecule has 0 amide bonds. The van der Waals surface area contributed by atoms with Gasteiger partial charge in [0.05, 0.1) is 23.3 Å². The van der Waals surface area contributed by atoms with E-state index in [9.17, 15) is 9.90 Å². The third-order valence-corrected chi connectivity index (χ3v) is 3.37. The van der Waals surface area contributed by atoms with E-state index in [1.165, 1.54) is 7.11 Å². The summed E-state index contributed by atoms with van der Waals surface area (Å²) in [5.41, 5.74) is 1.31. The van der Waals surface area contributed by atoms with Crippen molar-refractivity contribution in [3.63, 3.8) is 0 Å². The van der Waals surface area contributed by atoms with Crippen molar-refractivity contribution in [1.82, 2.24) is 4.57 Å². The lowest BCUT2D eigenvalue weighted by molar-refractivity contribution is -0.151. The Kier molecular flexibility index (Phi) is 3.83. The zero-order valence-corrected chi connectivity index (χ0v) is 11.8. The van der Waals surface area contributed by atoms with Crippen LogP contribution in [-0.2, 0) is 9.53 Å². The molecule has 0 aliphatic carbocycles. The number of aromatic nitrogens is 1. The van der Waals surface area contributed by atoms with Gasteiger partial charge in [0.25, 0.3) is 0 Å². The second-order valence-electron chi connectivity index (χ2n) is 4.64.